The Bertz CT molecular complexity index is 913. The summed E-state index contributed by atoms with van der Waals surface area (Å²) >= 11 is 0. The van der Waals surface area contributed by atoms with Gasteiger partial charge in [0, 0.05) is 11.6 Å². The lowest BCUT2D eigenvalue weighted by Crippen LogP contribution is -2.42. The molecule has 1 radical (unpaired) electrons. The van der Waals surface area contributed by atoms with Crippen molar-refractivity contribution >= 4 is 17.9 Å². The van der Waals surface area contributed by atoms with Gasteiger partial charge in [-0.2, -0.15) is 0 Å². The molecule has 3 rings (SSSR count). The lowest BCUT2D eigenvalue weighted by molar-refractivity contribution is 0.0440. The molecule has 0 heterocycles. The van der Waals surface area contributed by atoms with E-state index in [9.17, 15) is 9.59 Å². The van der Waals surface area contributed by atoms with Gasteiger partial charge in [0.05, 0.1) is 5.69 Å². The number of hydrogen-bond donors (Lipinski definition) is 2. The summed E-state index contributed by atoms with van der Waals surface area (Å²) in [6, 6.07) is 15.9. The van der Waals surface area contributed by atoms with Crippen molar-refractivity contribution in [2.24, 2.45) is 0 Å². The molecular formula is C26H33N2O4. The standard InChI is InChI=1S/C26H33N2O4/c1-5-18-11-16-22(19-9-7-6-8-10-19)23(17-18)28-24(29)31-21-14-12-20(13-15-21)27-25(30)32-26(2,3)4/h6-11,16-17,20-21H,1,5,12-15H2,2-4H3,(H,27,30)(H,28,29)/t20-,21-. The zero-order chi connectivity index (χ0) is 23.1. The Morgan fingerprint density at radius 3 is 2.31 bits per heavy atom. The Labute approximate surface area is 190 Å². The van der Waals surface area contributed by atoms with Crippen molar-refractivity contribution in [2.75, 3.05) is 5.32 Å². The summed E-state index contributed by atoms with van der Waals surface area (Å²) in [7, 11) is 0. The fourth-order valence-corrected chi connectivity index (χ4v) is 3.81. The molecule has 0 bridgehead atoms. The highest BCUT2D eigenvalue weighted by Crippen LogP contribution is 2.30. The second kappa shape index (κ2) is 10.5. The van der Waals surface area contributed by atoms with Crippen LogP contribution in [0.3, 0.4) is 0 Å². The first-order valence-electron chi connectivity index (χ1n) is 11.2. The van der Waals surface area contributed by atoms with E-state index in [2.05, 4.69) is 17.6 Å². The zero-order valence-electron chi connectivity index (χ0n) is 19.1. The lowest BCUT2D eigenvalue weighted by atomic mass is 9.93. The number of nitrogens with one attached hydrogen (secondary N) is 2. The minimum Gasteiger partial charge on any atom is -0.446 e. The molecule has 6 heteroatoms. The molecule has 0 aromatic heterocycles. The van der Waals surface area contributed by atoms with Crippen LogP contribution < -0.4 is 10.6 Å². The van der Waals surface area contributed by atoms with E-state index in [-0.39, 0.29) is 12.1 Å². The number of amides is 2. The number of benzene rings is 2. The first kappa shape index (κ1) is 23.6. The summed E-state index contributed by atoms with van der Waals surface area (Å²) in [5, 5.41) is 5.83. The first-order chi connectivity index (χ1) is 15.2. The van der Waals surface area contributed by atoms with Gasteiger partial charge in [0.15, 0.2) is 0 Å². The van der Waals surface area contributed by atoms with Gasteiger partial charge < -0.3 is 14.8 Å². The maximum atomic E-state index is 12.6. The van der Waals surface area contributed by atoms with Crippen molar-refractivity contribution in [1.82, 2.24) is 5.32 Å². The Balaban J connectivity index is 1.55. The normalized spacial score (nSPS) is 18.5. The van der Waals surface area contributed by atoms with E-state index < -0.39 is 17.8 Å². The molecule has 0 saturated heterocycles. The third kappa shape index (κ3) is 7.01. The van der Waals surface area contributed by atoms with Crippen LogP contribution in [0.5, 0.6) is 0 Å². The molecule has 0 atom stereocenters. The molecule has 0 aliphatic heterocycles. The largest absolute Gasteiger partial charge is 0.446 e. The number of carbonyl (C=O) groups is 2. The fraction of sp³-hybridized carbons (Fsp3) is 0.423. The topological polar surface area (TPSA) is 76.7 Å². The summed E-state index contributed by atoms with van der Waals surface area (Å²) < 4.78 is 11.0. The third-order valence-electron chi connectivity index (χ3n) is 5.36. The molecule has 0 spiro atoms. The Kier molecular flexibility index (Phi) is 7.78. The molecule has 1 aliphatic rings. The summed E-state index contributed by atoms with van der Waals surface area (Å²) in [5.41, 5.74) is 3.18. The number of rotatable bonds is 5. The van der Waals surface area contributed by atoms with Crippen LogP contribution in [0.2, 0.25) is 0 Å². The predicted molar refractivity (Wildman–Crippen MR) is 126 cm³/mol. The molecule has 171 valence electrons. The van der Waals surface area contributed by atoms with Crippen LogP contribution in [0.4, 0.5) is 15.3 Å². The van der Waals surface area contributed by atoms with E-state index >= 15 is 0 Å². The second-order valence-electron chi connectivity index (χ2n) is 9.15. The smallest absolute Gasteiger partial charge is 0.411 e. The van der Waals surface area contributed by atoms with Gasteiger partial charge in [0.25, 0.3) is 0 Å². The number of anilines is 1. The van der Waals surface area contributed by atoms with Gasteiger partial charge in [-0.1, -0.05) is 42.5 Å². The van der Waals surface area contributed by atoms with Crippen molar-refractivity contribution in [3.8, 4) is 11.1 Å². The first-order valence-corrected chi connectivity index (χ1v) is 11.2. The van der Waals surface area contributed by atoms with Gasteiger partial charge in [0.2, 0.25) is 0 Å². The van der Waals surface area contributed by atoms with Gasteiger partial charge in [-0.3, -0.25) is 5.32 Å². The molecule has 1 saturated carbocycles. The van der Waals surface area contributed by atoms with Crippen molar-refractivity contribution in [3.63, 3.8) is 0 Å². The van der Waals surface area contributed by atoms with Crippen LogP contribution in [-0.2, 0) is 15.9 Å². The molecular weight excluding hydrogens is 404 g/mol. The van der Waals surface area contributed by atoms with Crippen LogP contribution in [-0.4, -0.2) is 29.9 Å². The molecule has 32 heavy (non-hydrogen) atoms. The highest BCUT2D eigenvalue weighted by Gasteiger charge is 2.27. The maximum absolute atomic E-state index is 12.6. The lowest BCUT2D eigenvalue weighted by Gasteiger charge is -2.30. The molecule has 2 amide bonds. The molecule has 6 nitrogen and oxygen atoms in total. The Morgan fingerprint density at radius 1 is 1.00 bits per heavy atom. The van der Waals surface area contributed by atoms with Crippen LogP contribution in [0, 0.1) is 6.92 Å². The van der Waals surface area contributed by atoms with Gasteiger partial charge in [-0.15, -0.1) is 0 Å². The average Bonchev–Trinajstić information content (AvgIpc) is 2.74. The highest BCUT2D eigenvalue weighted by atomic mass is 16.6. The molecule has 0 unspecified atom stereocenters. The number of ether oxygens (including phenoxy) is 2. The number of hydrogen-bond acceptors (Lipinski definition) is 4. The quantitative estimate of drug-likeness (QED) is 0.591. The van der Waals surface area contributed by atoms with Crippen molar-refractivity contribution in [3.05, 3.63) is 61.0 Å². The van der Waals surface area contributed by atoms with Crippen LogP contribution >= 0.6 is 0 Å². The summed E-state index contributed by atoms with van der Waals surface area (Å²) in [5.74, 6) is 0. The van der Waals surface area contributed by atoms with Crippen LogP contribution in [0.15, 0.2) is 48.5 Å². The van der Waals surface area contributed by atoms with Gasteiger partial charge in [-0.25, -0.2) is 9.59 Å². The van der Waals surface area contributed by atoms with Crippen molar-refractivity contribution < 1.29 is 19.1 Å². The molecule has 2 aromatic carbocycles. The van der Waals surface area contributed by atoms with Gasteiger partial charge in [0.1, 0.15) is 11.7 Å². The molecule has 2 N–H and O–H groups in total. The van der Waals surface area contributed by atoms with E-state index in [1.165, 1.54) is 0 Å². The van der Waals surface area contributed by atoms with E-state index in [0.29, 0.717) is 24.9 Å². The van der Waals surface area contributed by atoms with Gasteiger partial charge >= 0.3 is 12.2 Å². The van der Waals surface area contributed by atoms with Gasteiger partial charge in [-0.05, 0) is 77.0 Å². The second-order valence-corrected chi connectivity index (χ2v) is 9.15. The van der Waals surface area contributed by atoms with E-state index in [0.717, 1.165) is 29.5 Å². The van der Waals surface area contributed by atoms with Crippen molar-refractivity contribution in [1.29, 1.82) is 0 Å². The highest BCUT2D eigenvalue weighted by molar-refractivity contribution is 5.91. The summed E-state index contributed by atoms with van der Waals surface area (Å²) in [4.78, 5) is 24.6. The number of alkyl carbamates (subject to hydrolysis) is 1. The van der Waals surface area contributed by atoms with E-state index in [1.807, 2.05) is 69.3 Å². The Morgan fingerprint density at radius 2 is 1.69 bits per heavy atom. The molecule has 1 fully saturated rings. The van der Waals surface area contributed by atoms with E-state index in [4.69, 9.17) is 9.47 Å². The van der Waals surface area contributed by atoms with Crippen LogP contribution in [0.25, 0.3) is 11.1 Å². The molecule has 1 aliphatic carbocycles. The third-order valence-corrected chi connectivity index (χ3v) is 5.36. The minimum atomic E-state index is -0.522. The fourth-order valence-electron chi connectivity index (χ4n) is 3.81. The van der Waals surface area contributed by atoms with Crippen LogP contribution in [0.1, 0.15) is 52.0 Å². The average molecular weight is 438 g/mol. The SMILES string of the molecule is [CH2]Cc1ccc(-c2ccccc2)c(NC(=O)O[C@H]2CC[C@H](NC(=O)OC(C)(C)C)CC2)c1. The minimum absolute atomic E-state index is 0.0335. The Hall–Kier alpha value is -3.02. The number of carbonyl (C=O) groups excluding carboxylic acids is 2. The predicted octanol–water partition coefficient (Wildman–Crippen LogP) is 6.11. The van der Waals surface area contributed by atoms with Crippen molar-refractivity contribution in [2.45, 2.75) is 70.6 Å². The summed E-state index contributed by atoms with van der Waals surface area (Å²) in [6.45, 7) is 9.45. The molecule has 2 aromatic rings. The van der Waals surface area contributed by atoms with E-state index in [1.54, 1.807) is 0 Å². The maximum Gasteiger partial charge on any atom is 0.411 e. The zero-order valence-corrected chi connectivity index (χ0v) is 19.1. The monoisotopic (exact) mass is 437 g/mol. The summed E-state index contributed by atoms with van der Waals surface area (Å²) in [6.07, 6.45) is 2.45.